The molecule has 3 nitrogen and oxygen atoms in total. The van der Waals surface area contributed by atoms with Crippen molar-refractivity contribution < 1.29 is 9.53 Å². The van der Waals surface area contributed by atoms with Crippen LogP contribution in [-0.2, 0) is 4.79 Å². The van der Waals surface area contributed by atoms with Gasteiger partial charge in [-0.25, -0.2) is 0 Å². The summed E-state index contributed by atoms with van der Waals surface area (Å²) in [4.78, 5) is 11.2. The lowest BCUT2D eigenvalue weighted by Gasteiger charge is -2.07. The van der Waals surface area contributed by atoms with E-state index in [0.29, 0.717) is 16.5 Å². The predicted molar refractivity (Wildman–Crippen MR) is 80.4 cm³/mol. The maximum atomic E-state index is 11.2. The molecule has 2 aromatic rings. The van der Waals surface area contributed by atoms with Gasteiger partial charge in [-0.2, -0.15) is 0 Å². The van der Waals surface area contributed by atoms with Crippen molar-refractivity contribution in [3.8, 4) is 11.5 Å². The Kier molecular flexibility index (Phi) is 4.82. The van der Waals surface area contributed by atoms with E-state index in [4.69, 9.17) is 16.3 Å². The minimum atomic E-state index is -0.0913. The van der Waals surface area contributed by atoms with Gasteiger partial charge in [0, 0.05) is 10.7 Å². The number of amides is 1. The molecule has 0 saturated carbocycles. The first kappa shape index (κ1) is 13.9. The van der Waals surface area contributed by atoms with E-state index in [1.165, 1.54) is 0 Å². The summed E-state index contributed by atoms with van der Waals surface area (Å²) in [7, 11) is 0. The van der Waals surface area contributed by atoms with Crippen LogP contribution in [-0.4, -0.2) is 11.2 Å². The van der Waals surface area contributed by atoms with Gasteiger partial charge in [0.1, 0.15) is 11.5 Å². The molecule has 19 heavy (non-hydrogen) atoms. The number of ether oxygens (including phenoxy) is 1. The van der Waals surface area contributed by atoms with E-state index in [9.17, 15) is 4.79 Å². The van der Waals surface area contributed by atoms with Crippen molar-refractivity contribution in [1.29, 1.82) is 0 Å². The molecule has 0 atom stereocenters. The van der Waals surface area contributed by atoms with Gasteiger partial charge in [-0.1, -0.05) is 27.5 Å². The molecule has 0 fully saturated rings. The zero-order chi connectivity index (χ0) is 13.7. The van der Waals surface area contributed by atoms with Crippen molar-refractivity contribution in [2.24, 2.45) is 0 Å². The second-order valence-electron chi connectivity index (χ2n) is 3.76. The lowest BCUT2D eigenvalue weighted by molar-refractivity contribution is -0.113. The third kappa shape index (κ3) is 4.26. The average molecular weight is 341 g/mol. The number of alkyl halides is 1. The topological polar surface area (TPSA) is 38.3 Å². The van der Waals surface area contributed by atoms with E-state index in [2.05, 4.69) is 21.2 Å². The van der Waals surface area contributed by atoms with E-state index in [1.807, 2.05) is 0 Å². The van der Waals surface area contributed by atoms with Crippen LogP contribution in [0, 0.1) is 0 Å². The number of nitrogens with one attached hydrogen (secondary N) is 1. The number of carbonyl (C=O) groups is 1. The zero-order valence-corrected chi connectivity index (χ0v) is 12.2. The van der Waals surface area contributed by atoms with Gasteiger partial charge in [0.15, 0.2) is 0 Å². The van der Waals surface area contributed by atoms with Gasteiger partial charge in [-0.3, -0.25) is 4.79 Å². The molecular formula is C14H11BrClNO2. The maximum absolute atomic E-state index is 11.2. The van der Waals surface area contributed by atoms with Crippen LogP contribution in [0.15, 0.2) is 48.5 Å². The highest BCUT2D eigenvalue weighted by molar-refractivity contribution is 9.09. The third-order valence-electron chi connectivity index (χ3n) is 2.31. The SMILES string of the molecule is O=C(CBr)Nc1ccc(Oc2ccc(Cl)cc2)cc1. The van der Waals surface area contributed by atoms with Crippen LogP contribution >= 0.6 is 27.5 Å². The summed E-state index contributed by atoms with van der Waals surface area (Å²) >= 11 is 8.89. The van der Waals surface area contributed by atoms with Crippen molar-refractivity contribution in [2.75, 3.05) is 10.6 Å². The normalized spacial score (nSPS) is 10.0. The Bertz CT molecular complexity index is 555. The van der Waals surface area contributed by atoms with Crippen LogP contribution in [0.1, 0.15) is 0 Å². The molecule has 0 aliphatic carbocycles. The second kappa shape index (κ2) is 6.59. The Morgan fingerprint density at radius 2 is 1.58 bits per heavy atom. The first-order chi connectivity index (χ1) is 9.17. The Balaban J connectivity index is 2.02. The van der Waals surface area contributed by atoms with Crippen LogP contribution in [0.4, 0.5) is 5.69 Å². The van der Waals surface area contributed by atoms with Crippen LogP contribution in [0.5, 0.6) is 11.5 Å². The number of halogens is 2. The maximum Gasteiger partial charge on any atom is 0.235 e. The van der Waals surface area contributed by atoms with Crippen molar-refractivity contribution in [3.05, 3.63) is 53.6 Å². The molecule has 2 aromatic carbocycles. The lowest BCUT2D eigenvalue weighted by atomic mass is 10.3. The molecule has 0 heterocycles. The molecule has 0 aromatic heterocycles. The summed E-state index contributed by atoms with van der Waals surface area (Å²) in [6.45, 7) is 0. The summed E-state index contributed by atoms with van der Waals surface area (Å²) in [5.41, 5.74) is 0.730. The average Bonchev–Trinajstić information content (AvgIpc) is 2.43. The van der Waals surface area contributed by atoms with Gasteiger partial charge in [0.25, 0.3) is 0 Å². The molecule has 0 unspecified atom stereocenters. The molecule has 0 aliphatic heterocycles. The number of anilines is 1. The number of hydrogen-bond donors (Lipinski definition) is 1. The Hall–Kier alpha value is -1.52. The lowest BCUT2D eigenvalue weighted by Crippen LogP contribution is -2.11. The monoisotopic (exact) mass is 339 g/mol. The molecule has 0 spiro atoms. The summed E-state index contributed by atoms with van der Waals surface area (Å²) in [5, 5.41) is 3.67. The molecule has 98 valence electrons. The van der Waals surface area contributed by atoms with E-state index in [0.717, 1.165) is 5.69 Å². The Labute approximate surface area is 124 Å². The highest BCUT2D eigenvalue weighted by atomic mass is 79.9. The third-order valence-corrected chi connectivity index (χ3v) is 3.07. The largest absolute Gasteiger partial charge is 0.457 e. The van der Waals surface area contributed by atoms with Gasteiger partial charge in [0.05, 0.1) is 5.33 Å². The number of rotatable bonds is 4. The fraction of sp³-hybridized carbons (Fsp3) is 0.0714. The van der Waals surface area contributed by atoms with Gasteiger partial charge >= 0.3 is 0 Å². The summed E-state index contributed by atoms with van der Waals surface area (Å²) in [6.07, 6.45) is 0. The van der Waals surface area contributed by atoms with Crippen LogP contribution < -0.4 is 10.1 Å². The smallest absolute Gasteiger partial charge is 0.235 e. The van der Waals surface area contributed by atoms with Crippen molar-refractivity contribution in [1.82, 2.24) is 0 Å². The quantitative estimate of drug-likeness (QED) is 0.834. The van der Waals surface area contributed by atoms with E-state index >= 15 is 0 Å². The van der Waals surface area contributed by atoms with Crippen LogP contribution in [0.25, 0.3) is 0 Å². The molecule has 5 heteroatoms. The standard InChI is InChI=1S/C14H11BrClNO2/c15-9-14(18)17-11-3-7-13(8-4-11)19-12-5-1-10(16)2-6-12/h1-8H,9H2,(H,17,18). The zero-order valence-electron chi connectivity index (χ0n) is 9.90. The van der Waals surface area contributed by atoms with E-state index in [-0.39, 0.29) is 11.2 Å². The molecule has 2 rings (SSSR count). The highest BCUT2D eigenvalue weighted by Gasteiger charge is 2.01. The Morgan fingerprint density at radius 1 is 1.05 bits per heavy atom. The van der Waals surface area contributed by atoms with Crippen molar-refractivity contribution in [2.45, 2.75) is 0 Å². The van der Waals surface area contributed by atoms with E-state index in [1.54, 1.807) is 48.5 Å². The summed E-state index contributed by atoms with van der Waals surface area (Å²) in [5.74, 6) is 1.31. The van der Waals surface area contributed by atoms with Crippen LogP contribution in [0.3, 0.4) is 0 Å². The molecule has 0 aliphatic rings. The Morgan fingerprint density at radius 3 is 2.11 bits per heavy atom. The highest BCUT2D eigenvalue weighted by Crippen LogP contribution is 2.24. The fourth-order valence-corrected chi connectivity index (χ4v) is 1.71. The molecule has 1 N–H and O–H groups in total. The summed E-state index contributed by atoms with van der Waals surface area (Å²) in [6, 6.07) is 14.3. The summed E-state index contributed by atoms with van der Waals surface area (Å²) < 4.78 is 5.64. The minimum Gasteiger partial charge on any atom is -0.457 e. The number of carbonyl (C=O) groups excluding carboxylic acids is 1. The molecule has 0 radical (unpaired) electrons. The molecule has 1 amide bonds. The van der Waals surface area contributed by atoms with Crippen molar-refractivity contribution in [3.63, 3.8) is 0 Å². The van der Waals surface area contributed by atoms with Gasteiger partial charge in [0.2, 0.25) is 5.91 Å². The van der Waals surface area contributed by atoms with Crippen molar-refractivity contribution >= 4 is 39.1 Å². The first-order valence-electron chi connectivity index (χ1n) is 5.56. The van der Waals surface area contributed by atoms with Gasteiger partial charge in [-0.05, 0) is 48.5 Å². The van der Waals surface area contributed by atoms with Gasteiger partial charge in [-0.15, -0.1) is 0 Å². The number of benzene rings is 2. The number of hydrogen-bond acceptors (Lipinski definition) is 2. The first-order valence-corrected chi connectivity index (χ1v) is 7.06. The van der Waals surface area contributed by atoms with Crippen LogP contribution in [0.2, 0.25) is 5.02 Å². The predicted octanol–water partition coefficient (Wildman–Crippen LogP) is 4.47. The molecular weight excluding hydrogens is 330 g/mol. The fourth-order valence-electron chi connectivity index (χ4n) is 1.44. The molecule has 0 saturated heterocycles. The minimum absolute atomic E-state index is 0.0913. The van der Waals surface area contributed by atoms with E-state index < -0.39 is 0 Å². The molecule has 0 bridgehead atoms. The van der Waals surface area contributed by atoms with Gasteiger partial charge < -0.3 is 10.1 Å². The second-order valence-corrected chi connectivity index (χ2v) is 4.76.